The molecule has 2 N–H and O–H groups in total. The van der Waals surface area contributed by atoms with Crippen LogP contribution in [0.1, 0.15) is 23.2 Å². The molecule has 0 bridgehead atoms. The number of pyridine rings is 1. The lowest BCUT2D eigenvalue weighted by molar-refractivity contribution is 0.102. The molecule has 0 spiro atoms. The number of fused-ring (bicyclic) bond motifs is 1. The maximum absolute atomic E-state index is 13.0. The van der Waals surface area contributed by atoms with Crippen LogP contribution in [0.3, 0.4) is 0 Å². The number of hydrogen-bond donors (Lipinski definition) is 2. The lowest BCUT2D eigenvalue weighted by Gasteiger charge is -2.36. The molecule has 1 fully saturated rings. The first-order valence-corrected chi connectivity index (χ1v) is 13.3. The molecule has 2 aromatic carbocycles. The third-order valence-corrected chi connectivity index (χ3v) is 7.93. The van der Waals surface area contributed by atoms with Crippen molar-refractivity contribution in [1.29, 1.82) is 0 Å². The zero-order valence-corrected chi connectivity index (χ0v) is 23.7. The van der Waals surface area contributed by atoms with Gasteiger partial charge in [-0.1, -0.05) is 23.2 Å². The number of carbonyl (C=O) groups excluding carboxylic acids is 1. The molecule has 1 saturated heterocycles. The van der Waals surface area contributed by atoms with E-state index >= 15 is 0 Å². The molecule has 5 rings (SSSR count). The van der Waals surface area contributed by atoms with E-state index in [1.807, 2.05) is 24.3 Å². The summed E-state index contributed by atoms with van der Waals surface area (Å²) < 4.78 is 10.7. The van der Waals surface area contributed by atoms with Crippen LogP contribution in [0.2, 0.25) is 10.0 Å². The van der Waals surface area contributed by atoms with Gasteiger partial charge in [0.05, 0.1) is 35.3 Å². The number of ether oxygens (including phenoxy) is 2. The summed E-state index contributed by atoms with van der Waals surface area (Å²) in [5.74, 6) is 0.950. The Balaban J connectivity index is 1.33. The van der Waals surface area contributed by atoms with Gasteiger partial charge in [-0.3, -0.25) is 9.89 Å². The Kier molecular flexibility index (Phi) is 7.83. The standard InChI is InChI=1S/C28H30Cl2N6O3/c1-35(2)17-11-13-36(14-12-17)18-7-5-16(6-8-18)28(37)32-27-19-9-10-20(31-26(19)33-34-27)23-24(29)21(38-3)15-22(39-4)25(23)30/h5-10,15,17H,11-14H2,1-4H3,(H2,31,32,33,34,37). The van der Waals surface area contributed by atoms with Gasteiger partial charge >= 0.3 is 0 Å². The smallest absolute Gasteiger partial charge is 0.256 e. The zero-order valence-electron chi connectivity index (χ0n) is 22.2. The minimum Gasteiger partial charge on any atom is -0.495 e. The first kappa shape index (κ1) is 27.1. The molecule has 0 aliphatic carbocycles. The van der Waals surface area contributed by atoms with Crippen LogP contribution in [0.15, 0.2) is 42.5 Å². The normalized spacial score (nSPS) is 14.2. The third-order valence-electron chi connectivity index (χ3n) is 7.18. The topological polar surface area (TPSA) is 95.6 Å². The zero-order chi connectivity index (χ0) is 27.7. The van der Waals surface area contributed by atoms with Gasteiger partial charge in [0.25, 0.3) is 5.91 Å². The molecule has 39 heavy (non-hydrogen) atoms. The second-order valence-electron chi connectivity index (χ2n) is 9.63. The fourth-order valence-corrected chi connectivity index (χ4v) is 5.59. The number of benzene rings is 2. The number of anilines is 2. The van der Waals surface area contributed by atoms with Gasteiger partial charge in [-0.2, -0.15) is 5.10 Å². The van der Waals surface area contributed by atoms with Crippen LogP contribution in [-0.2, 0) is 0 Å². The molecule has 3 heterocycles. The van der Waals surface area contributed by atoms with E-state index in [1.165, 1.54) is 14.2 Å². The highest BCUT2D eigenvalue weighted by molar-refractivity contribution is 6.41. The largest absolute Gasteiger partial charge is 0.495 e. The van der Waals surface area contributed by atoms with Crippen molar-refractivity contribution in [1.82, 2.24) is 20.1 Å². The van der Waals surface area contributed by atoms with Crippen LogP contribution in [0.25, 0.3) is 22.3 Å². The van der Waals surface area contributed by atoms with E-state index in [1.54, 1.807) is 18.2 Å². The molecule has 9 nitrogen and oxygen atoms in total. The van der Waals surface area contributed by atoms with Crippen molar-refractivity contribution < 1.29 is 14.3 Å². The molecular formula is C28H30Cl2N6O3. The SMILES string of the molecule is COc1cc(OC)c(Cl)c(-c2ccc3c(NC(=O)c4ccc(N5CCC(N(C)C)CC5)cc4)n[nH]c3n2)c1Cl. The molecular weight excluding hydrogens is 539 g/mol. The average Bonchev–Trinajstić information content (AvgIpc) is 3.35. The summed E-state index contributed by atoms with van der Waals surface area (Å²) in [4.78, 5) is 22.3. The Morgan fingerprint density at radius 2 is 1.67 bits per heavy atom. The molecule has 1 aliphatic heterocycles. The maximum atomic E-state index is 13.0. The summed E-state index contributed by atoms with van der Waals surface area (Å²) in [6, 6.07) is 13.5. The Labute approximate surface area is 237 Å². The molecule has 4 aromatic rings. The van der Waals surface area contributed by atoms with Gasteiger partial charge in [0, 0.05) is 42.0 Å². The summed E-state index contributed by atoms with van der Waals surface area (Å²) in [6.07, 6.45) is 2.25. The summed E-state index contributed by atoms with van der Waals surface area (Å²) in [7, 11) is 7.30. The van der Waals surface area contributed by atoms with Crippen molar-refractivity contribution in [3.8, 4) is 22.8 Å². The van der Waals surface area contributed by atoms with Crippen LogP contribution in [0.5, 0.6) is 11.5 Å². The number of halogens is 2. The first-order chi connectivity index (χ1) is 18.8. The maximum Gasteiger partial charge on any atom is 0.256 e. The first-order valence-electron chi connectivity index (χ1n) is 12.6. The minimum atomic E-state index is -0.256. The molecule has 0 saturated carbocycles. The molecule has 2 aromatic heterocycles. The van der Waals surface area contributed by atoms with E-state index < -0.39 is 0 Å². The van der Waals surface area contributed by atoms with Gasteiger partial charge in [0.2, 0.25) is 0 Å². The van der Waals surface area contributed by atoms with E-state index in [9.17, 15) is 4.79 Å². The van der Waals surface area contributed by atoms with Gasteiger partial charge in [0.15, 0.2) is 11.5 Å². The minimum absolute atomic E-state index is 0.256. The number of nitrogens with one attached hydrogen (secondary N) is 2. The van der Waals surface area contributed by atoms with Crippen LogP contribution >= 0.6 is 23.2 Å². The fourth-order valence-electron chi connectivity index (χ4n) is 4.89. The highest BCUT2D eigenvalue weighted by Crippen LogP contribution is 2.45. The van der Waals surface area contributed by atoms with Crippen LogP contribution in [-0.4, -0.2) is 73.4 Å². The van der Waals surface area contributed by atoms with E-state index in [4.69, 9.17) is 32.7 Å². The van der Waals surface area contributed by atoms with Crippen molar-refractivity contribution in [2.45, 2.75) is 18.9 Å². The Morgan fingerprint density at radius 3 is 2.26 bits per heavy atom. The molecule has 204 valence electrons. The summed E-state index contributed by atoms with van der Waals surface area (Å²) in [6.45, 7) is 2.00. The molecule has 11 heteroatoms. The number of H-pyrrole nitrogens is 1. The predicted molar refractivity (Wildman–Crippen MR) is 156 cm³/mol. The third kappa shape index (κ3) is 5.34. The summed E-state index contributed by atoms with van der Waals surface area (Å²) in [5, 5.41) is 11.3. The quantitative estimate of drug-likeness (QED) is 0.294. The van der Waals surface area contributed by atoms with Crippen molar-refractivity contribution in [2.24, 2.45) is 0 Å². The van der Waals surface area contributed by atoms with Gasteiger partial charge in [-0.15, -0.1) is 0 Å². The van der Waals surface area contributed by atoms with Crippen LogP contribution < -0.4 is 19.7 Å². The fraction of sp³-hybridized carbons (Fsp3) is 0.321. The number of amides is 1. The van der Waals surface area contributed by atoms with E-state index in [2.05, 4.69) is 44.4 Å². The van der Waals surface area contributed by atoms with E-state index in [0.29, 0.717) is 61.3 Å². The number of methoxy groups -OCH3 is 2. The van der Waals surface area contributed by atoms with Crippen molar-refractivity contribution in [3.63, 3.8) is 0 Å². The van der Waals surface area contributed by atoms with Gasteiger partial charge in [0.1, 0.15) is 11.5 Å². The second kappa shape index (κ2) is 11.3. The van der Waals surface area contributed by atoms with Crippen LogP contribution in [0, 0.1) is 0 Å². The van der Waals surface area contributed by atoms with Gasteiger partial charge < -0.3 is 24.6 Å². The van der Waals surface area contributed by atoms with Gasteiger partial charge in [-0.05, 0) is 63.3 Å². The number of hydrogen-bond acceptors (Lipinski definition) is 7. The molecule has 1 aliphatic rings. The monoisotopic (exact) mass is 568 g/mol. The second-order valence-corrected chi connectivity index (χ2v) is 10.4. The number of aromatic nitrogens is 3. The highest BCUT2D eigenvalue weighted by atomic mass is 35.5. The van der Waals surface area contributed by atoms with Gasteiger partial charge in [-0.25, -0.2) is 4.98 Å². The lowest BCUT2D eigenvalue weighted by atomic mass is 10.0. The molecule has 0 unspecified atom stereocenters. The number of carbonyl (C=O) groups is 1. The predicted octanol–water partition coefficient (Wildman–Crippen LogP) is 5.73. The Morgan fingerprint density at radius 1 is 1.03 bits per heavy atom. The van der Waals surface area contributed by atoms with Crippen molar-refractivity contribution >= 4 is 51.6 Å². The number of aromatic amines is 1. The molecule has 0 atom stereocenters. The summed E-state index contributed by atoms with van der Waals surface area (Å²) in [5.41, 5.74) is 3.11. The average molecular weight is 569 g/mol. The van der Waals surface area contributed by atoms with E-state index in [-0.39, 0.29) is 5.91 Å². The van der Waals surface area contributed by atoms with Crippen molar-refractivity contribution in [3.05, 3.63) is 58.1 Å². The lowest BCUT2D eigenvalue weighted by Crippen LogP contribution is -2.41. The molecule has 0 radical (unpaired) electrons. The number of piperidine rings is 1. The molecule has 1 amide bonds. The van der Waals surface area contributed by atoms with E-state index in [0.717, 1.165) is 31.6 Å². The highest BCUT2D eigenvalue weighted by Gasteiger charge is 2.22. The Hall–Kier alpha value is -3.53. The summed E-state index contributed by atoms with van der Waals surface area (Å²) >= 11 is 13.1. The number of nitrogens with zero attached hydrogens (tertiary/aromatic N) is 4. The number of rotatable bonds is 7. The van der Waals surface area contributed by atoms with Crippen LogP contribution in [0.4, 0.5) is 11.5 Å². The Bertz CT molecular complexity index is 1470. The van der Waals surface area contributed by atoms with Crippen molar-refractivity contribution in [2.75, 3.05) is 51.6 Å².